The fourth-order valence-electron chi connectivity index (χ4n) is 2.58. The second-order valence-electron chi connectivity index (χ2n) is 5.20. The van der Waals surface area contributed by atoms with Gasteiger partial charge in [0, 0.05) is 24.2 Å². The van der Waals surface area contributed by atoms with Crippen molar-refractivity contribution in [2.45, 2.75) is 19.4 Å². The smallest absolute Gasteiger partial charge is 0.226 e. The average molecular weight is 265 g/mol. The van der Waals surface area contributed by atoms with Crippen LogP contribution in [-0.4, -0.2) is 22.6 Å². The number of hydrogen-bond acceptors (Lipinski definition) is 4. The maximum atomic E-state index is 5.57. The molecule has 1 fully saturated rings. The Morgan fingerprint density at radius 3 is 2.70 bits per heavy atom. The molecule has 100 valence electrons. The number of rotatable bonds is 2. The molecule has 0 spiro atoms. The van der Waals surface area contributed by atoms with Gasteiger partial charge in [-0.25, -0.2) is 9.97 Å². The molecular weight excluding hydrogens is 250 g/mol. The molecule has 3 aromatic rings. The molecule has 1 unspecified atom stereocenters. The number of hydrogen-bond donors (Lipinski definition) is 0. The van der Waals surface area contributed by atoms with Gasteiger partial charge < -0.3 is 9.32 Å². The first-order chi connectivity index (χ1) is 9.83. The van der Waals surface area contributed by atoms with E-state index in [9.17, 15) is 0 Å². The lowest BCUT2D eigenvalue weighted by Crippen LogP contribution is -2.46. The van der Waals surface area contributed by atoms with Crippen molar-refractivity contribution in [1.29, 1.82) is 0 Å². The van der Waals surface area contributed by atoms with E-state index in [4.69, 9.17) is 9.40 Å². The monoisotopic (exact) mass is 265 g/mol. The molecule has 2 aromatic heterocycles. The lowest BCUT2D eigenvalue weighted by molar-refractivity contribution is 0.471. The van der Waals surface area contributed by atoms with Crippen LogP contribution < -0.4 is 4.90 Å². The zero-order valence-electron chi connectivity index (χ0n) is 11.3. The van der Waals surface area contributed by atoms with Gasteiger partial charge in [0.1, 0.15) is 11.2 Å². The van der Waals surface area contributed by atoms with Crippen molar-refractivity contribution in [3.63, 3.8) is 0 Å². The van der Waals surface area contributed by atoms with E-state index < -0.39 is 0 Å². The Labute approximate surface area is 117 Å². The summed E-state index contributed by atoms with van der Waals surface area (Å²) in [6.45, 7) is 3.23. The van der Waals surface area contributed by atoms with Crippen LogP contribution in [0, 0.1) is 0 Å². The maximum absolute atomic E-state index is 5.57. The molecule has 1 aliphatic rings. The van der Waals surface area contributed by atoms with Crippen molar-refractivity contribution in [3.05, 3.63) is 42.7 Å². The summed E-state index contributed by atoms with van der Waals surface area (Å²) >= 11 is 0. The summed E-state index contributed by atoms with van der Waals surface area (Å²) in [7, 11) is 0. The van der Waals surface area contributed by atoms with Gasteiger partial charge in [0.25, 0.3) is 0 Å². The van der Waals surface area contributed by atoms with Gasteiger partial charge in [-0.3, -0.25) is 0 Å². The Kier molecular flexibility index (Phi) is 2.49. The second-order valence-corrected chi connectivity index (χ2v) is 5.20. The molecule has 1 aliphatic heterocycles. The van der Waals surface area contributed by atoms with Crippen molar-refractivity contribution in [3.8, 4) is 11.3 Å². The van der Waals surface area contributed by atoms with E-state index in [-0.39, 0.29) is 0 Å². The SMILES string of the molecule is CC1CCN1c1nc(-c2ccccc2)c2occc2n1. The molecule has 0 aliphatic carbocycles. The van der Waals surface area contributed by atoms with Gasteiger partial charge >= 0.3 is 0 Å². The molecule has 4 rings (SSSR count). The topological polar surface area (TPSA) is 42.2 Å². The summed E-state index contributed by atoms with van der Waals surface area (Å²) in [6.07, 6.45) is 2.88. The molecule has 0 saturated carbocycles. The van der Waals surface area contributed by atoms with Crippen molar-refractivity contribution >= 4 is 17.0 Å². The standard InChI is InChI=1S/C16H15N3O/c1-11-7-9-19(11)16-17-13-8-10-20-15(13)14(18-16)12-5-3-2-4-6-12/h2-6,8,10-11H,7,9H2,1H3. The number of aromatic nitrogens is 2. The van der Waals surface area contributed by atoms with Crippen LogP contribution in [0.15, 0.2) is 47.1 Å². The third kappa shape index (κ3) is 1.68. The zero-order valence-corrected chi connectivity index (χ0v) is 11.3. The number of anilines is 1. The largest absolute Gasteiger partial charge is 0.460 e. The average Bonchev–Trinajstić information content (AvgIpc) is 2.94. The fourth-order valence-corrected chi connectivity index (χ4v) is 2.58. The van der Waals surface area contributed by atoms with Gasteiger partial charge in [0.2, 0.25) is 5.95 Å². The van der Waals surface area contributed by atoms with Crippen LogP contribution in [0.1, 0.15) is 13.3 Å². The van der Waals surface area contributed by atoms with Gasteiger partial charge in [-0.15, -0.1) is 0 Å². The first-order valence-corrected chi connectivity index (χ1v) is 6.90. The van der Waals surface area contributed by atoms with Crippen molar-refractivity contribution in [1.82, 2.24) is 9.97 Å². The van der Waals surface area contributed by atoms with Crippen LogP contribution in [0.4, 0.5) is 5.95 Å². The van der Waals surface area contributed by atoms with E-state index in [0.717, 1.165) is 34.9 Å². The maximum Gasteiger partial charge on any atom is 0.226 e. The molecule has 4 heteroatoms. The summed E-state index contributed by atoms with van der Waals surface area (Å²) in [5, 5.41) is 0. The van der Waals surface area contributed by atoms with E-state index in [1.54, 1.807) is 6.26 Å². The van der Waals surface area contributed by atoms with Gasteiger partial charge in [-0.1, -0.05) is 30.3 Å². The fraction of sp³-hybridized carbons (Fsp3) is 0.250. The van der Waals surface area contributed by atoms with Crippen molar-refractivity contribution in [2.24, 2.45) is 0 Å². The molecule has 1 saturated heterocycles. The summed E-state index contributed by atoms with van der Waals surface area (Å²) in [4.78, 5) is 11.6. The Morgan fingerprint density at radius 1 is 1.15 bits per heavy atom. The summed E-state index contributed by atoms with van der Waals surface area (Å²) in [6, 6.07) is 12.5. The Hall–Kier alpha value is -2.36. The Bertz CT molecular complexity index is 751. The molecule has 1 atom stereocenters. The highest BCUT2D eigenvalue weighted by atomic mass is 16.3. The minimum Gasteiger partial charge on any atom is -0.460 e. The van der Waals surface area contributed by atoms with Crippen molar-refractivity contribution in [2.75, 3.05) is 11.4 Å². The van der Waals surface area contributed by atoms with E-state index in [0.29, 0.717) is 6.04 Å². The quantitative estimate of drug-likeness (QED) is 0.711. The molecule has 4 nitrogen and oxygen atoms in total. The number of nitrogens with zero attached hydrogens (tertiary/aromatic N) is 3. The van der Waals surface area contributed by atoms with Gasteiger partial charge in [0.15, 0.2) is 5.58 Å². The first-order valence-electron chi connectivity index (χ1n) is 6.90. The van der Waals surface area contributed by atoms with E-state index in [2.05, 4.69) is 16.8 Å². The third-order valence-corrected chi connectivity index (χ3v) is 3.92. The molecule has 1 aromatic carbocycles. The van der Waals surface area contributed by atoms with Gasteiger partial charge in [-0.05, 0) is 13.3 Å². The normalized spacial score (nSPS) is 18.2. The van der Waals surface area contributed by atoms with Crippen LogP contribution >= 0.6 is 0 Å². The van der Waals surface area contributed by atoms with E-state index in [1.165, 1.54) is 6.42 Å². The van der Waals surface area contributed by atoms with Crippen LogP contribution in [-0.2, 0) is 0 Å². The van der Waals surface area contributed by atoms with E-state index in [1.807, 2.05) is 36.4 Å². The van der Waals surface area contributed by atoms with E-state index >= 15 is 0 Å². The van der Waals surface area contributed by atoms with Crippen LogP contribution in [0.25, 0.3) is 22.4 Å². The molecule has 3 heterocycles. The summed E-state index contributed by atoms with van der Waals surface area (Å²) < 4.78 is 5.57. The van der Waals surface area contributed by atoms with Gasteiger partial charge in [0.05, 0.1) is 6.26 Å². The first kappa shape index (κ1) is 11.5. The third-order valence-electron chi connectivity index (χ3n) is 3.92. The molecule has 0 bridgehead atoms. The van der Waals surface area contributed by atoms with Crippen LogP contribution in [0.5, 0.6) is 0 Å². The second kappa shape index (κ2) is 4.34. The zero-order chi connectivity index (χ0) is 13.5. The molecule has 20 heavy (non-hydrogen) atoms. The van der Waals surface area contributed by atoms with Crippen LogP contribution in [0.2, 0.25) is 0 Å². The molecular formula is C16H15N3O. The highest BCUT2D eigenvalue weighted by Gasteiger charge is 2.27. The molecule has 0 radical (unpaired) electrons. The number of furan rings is 1. The molecule has 0 amide bonds. The van der Waals surface area contributed by atoms with Gasteiger partial charge in [-0.2, -0.15) is 0 Å². The Balaban J connectivity index is 1.92. The molecule has 0 N–H and O–H groups in total. The predicted octanol–water partition coefficient (Wildman–Crippen LogP) is 3.49. The number of benzene rings is 1. The highest BCUT2D eigenvalue weighted by molar-refractivity contribution is 5.88. The highest BCUT2D eigenvalue weighted by Crippen LogP contribution is 2.31. The Morgan fingerprint density at radius 2 is 2.00 bits per heavy atom. The lowest BCUT2D eigenvalue weighted by atomic mass is 10.1. The van der Waals surface area contributed by atoms with Crippen molar-refractivity contribution < 1.29 is 4.42 Å². The summed E-state index contributed by atoms with van der Waals surface area (Å²) in [5.74, 6) is 0.802. The predicted molar refractivity (Wildman–Crippen MR) is 78.7 cm³/mol. The minimum atomic E-state index is 0.517. The number of fused-ring (bicyclic) bond motifs is 1. The lowest BCUT2D eigenvalue weighted by Gasteiger charge is -2.38. The summed E-state index contributed by atoms with van der Waals surface area (Å²) in [5.41, 5.74) is 3.56. The minimum absolute atomic E-state index is 0.517. The van der Waals surface area contributed by atoms with Crippen LogP contribution in [0.3, 0.4) is 0 Å².